The second-order valence-electron chi connectivity index (χ2n) is 5.65. The van der Waals surface area contributed by atoms with Crippen molar-refractivity contribution in [2.24, 2.45) is 11.3 Å². The fraction of sp³-hybridized carbons (Fsp3) is 0.917. The van der Waals surface area contributed by atoms with Gasteiger partial charge in [-0.15, -0.1) is 23.2 Å². The fourth-order valence-electron chi connectivity index (χ4n) is 2.50. The highest BCUT2D eigenvalue weighted by atomic mass is 35.5. The standard InChI is InChI=1S/C12H19Cl2NO2/c1-11(5-3-2-4-9(11)16)7-15-10(17)8-6-12(8,13)14/h8-9,16H,2-7H2,1H3,(H,15,17)/t8-,9-,11+/m0/s1. The number of rotatable bonds is 3. The molecule has 98 valence electrons. The largest absolute Gasteiger partial charge is 0.392 e. The Morgan fingerprint density at radius 2 is 2.12 bits per heavy atom. The predicted octanol–water partition coefficient (Wildman–Crippen LogP) is 2.24. The molecule has 0 unspecified atom stereocenters. The van der Waals surface area contributed by atoms with Crippen molar-refractivity contribution < 1.29 is 9.90 Å². The van der Waals surface area contributed by atoms with Gasteiger partial charge in [0.25, 0.3) is 0 Å². The minimum atomic E-state index is -0.865. The monoisotopic (exact) mass is 279 g/mol. The lowest BCUT2D eigenvalue weighted by atomic mass is 9.73. The molecule has 2 rings (SSSR count). The van der Waals surface area contributed by atoms with Gasteiger partial charge in [0.05, 0.1) is 12.0 Å². The highest BCUT2D eigenvalue weighted by Gasteiger charge is 2.56. The molecule has 2 N–H and O–H groups in total. The maximum Gasteiger partial charge on any atom is 0.226 e. The lowest BCUT2D eigenvalue weighted by Gasteiger charge is -2.38. The SMILES string of the molecule is C[C@]1(CNC(=O)[C@@H]2CC2(Cl)Cl)CCCC[C@@H]1O. The number of aliphatic hydroxyl groups excluding tert-OH is 1. The van der Waals surface area contributed by atoms with Crippen molar-refractivity contribution in [2.45, 2.75) is 49.5 Å². The van der Waals surface area contributed by atoms with Crippen LogP contribution >= 0.6 is 23.2 Å². The van der Waals surface area contributed by atoms with Gasteiger partial charge in [0.15, 0.2) is 0 Å². The first-order valence-corrected chi connectivity index (χ1v) is 6.94. The van der Waals surface area contributed by atoms with E-state index in [9.17, 15) is 9.90 Å². The summed E-state index contributed by atoms with van der Waals surface area (Å²) in [5.41, 5.74) is -0.204. The van der Waals surface area contributed by atoms with Crippen molar-refractivity contribution in [1.29, 1.82) is 0 Å². The molecule has 0 saturated heterocycles. The molecule has 0 heterocycles. The van der Waals surface area contributed by atoms with Crippen molar-refractivity contribution in [3.05, 3.63) is 0 Å². The molecule has 0 aliphatic heterocycles. The average Bonchev–Trinajstić information content (AvgIpc) is 2.89. The normalized spacial score (nSPS) is 39.8. The van der Waals surface area contributed by atoms with E-state index in [0.29, 0.717) is 13.0 Å². The number of halogens is 2. The van der Waals surface area contributed by atoms with Crippen LogP contribution in [-0.2, 0) is 4.79 Å². The van der Waals surface area contributed by atoms with Gasteiger partial charge in [-0.3, -0.25) is 4.79 Å². The summed E-state index contributed by atoms with van der Waals surface area (Å²) < 4.78 is -0.865. The van der Waals surface area contributed by atoms with Gasteiger partial charge in [0, 0.05) is 12.0 Å². The van der Waals surface area contributed by atoms with Crippen LogP contribution in [0.2, 0.25) is 0 Å². The van der Waals surface area contributed by atoms with Gasteiger partial charge in [0.2, 0.25) is 5.91 Å². The molecule has 2 saturated carbocycles. The zero-order chi connectivity index (χ0) is 12.7. The van der Waals surface area contributed by atoms with Gasteiger partial charge in [-0.2, -0.15) is 0 Å². The number of alkyl halides is 2. The molecular weight excluding hydrogens is 261 g/mol. The number of carbonyl (C=O) groups is 1. The van der Waals surface area contributed by atoms with E-state index < -0.39 is 4.33 Å². The van der Waals surface area contributed by atoms with Gasteiger partial charge >= 0.3 is 0 Å². The van der Waals surface area contributed by atoms with E-state index in [1.165, 1.54) is 0 Å². The number of hydrogen-bond acceptors (Lipinski definition) is 2. The Morgan fingerprint density at radius 3 is 2.65 bits per heavy atom. The summed E-state index contributed by atoms with van der Waals surface area (Å²) in [4.78, 5) is 11.8. The van der Waals surface area contributed by atoms with Crippen molar-refractivity contribution in [1.82, 2.24) is 5.32 Å². The van der Waals surface area contributed by atoms with Crippen LogP contribution in [0.4, 0.5) is 0 Å². The third-order valence-corrected chi connectivity index (χ3v) is 4.92. The minimum absolute atomic E-state index is 0.0889. The van der Waals surface area contributed by atoms with Gasteiger partial charge < -0.3 is 10.4 Å². The zero-order valence-electron chi connectivity index (χ0n) is 10.0. The van der Waals surface area contributed by atoms with Gasteiger partial charge in [-0.25, -0.2) is 0 Å². The summed E-state index contributed by atoms with van der Waals surface area (Å²) in [5.74, 6) is -0.371. The van der Waals surface area contributed by atoms with Crippen LogP contribution in [0.3, 0.4) is 0 Å². The van der Waals surface area contributed by atoms with Crippen LogP contribution < -0.4 is 5.32 Å². The molecule has 0 bridgehead atoms. The summed E-state index contributed by atoms with van der Waals surface area (Å²) in [5, 5.41) is 12.9. The van der Waals surface area contributed by atoms with E-state index >= 15 is 0 Å². The van der Waals surface area contributed by atoms with Crippen LogP contribution in [0, 0.1) is 11.3 Å². The molecule has 1 amide bonds. The van der Waals surface area contributed by atoms with E-state index in [1.54, 1.807) is 0 Å². The lowest BCUT2D eigenvalue weighted by Crippen LogP contribution is -2.45. The zero-order valence-corrected chi connectivity index (χ0v) is 11.5. The van der Waals surface area contributed by atoms with Crippen LogP contribution in [0.15, 0.2) is 0 Å². The maximum atomic E-state index is 11.8. The van der Waals surface area contributed by atoms with Gasteiger partial charge in [0.1, 0.15) is 4.33 Å². The molecule has 0 aromatic heterocycles. The first-order valence-electron chi connectivity index (χ1n) is 6.19. The first-order chi connectivity index (χ1) is 7.85. The molecule has 3 atom stereocenters. The summed E-state index contributed by atoms with van der Waals surface area (Å²) >= 11 is 11.7. The molecule has 2 aliphatic rings. The molecule has 5 heteroatoms. The van der Waals surface area contributed by atoms with Gasteiger partial charge in [-0.05, 0) is 19.3 Å². The van der Waals surface area contributed by atoms with Crippen molar-refractivity contribution in [3.8, 4) is 0 Å². The highest BCUT2D eigenvalue weighted by molar-refractivity contribution is 6.52. The van der Waals surface area contributed by atoms with E-state index in [-0.39, 0.29) is 23.3 Å². The summed E-state index contributed by atoms with van der Waals surface area (Å²) in [6.07, 6.45) is 4.16. The Morgan fingerprint density at radius 1 is 1.47 bits per heavy atom. The molecule has 0 spiro atoms. The summed E-state index contributed by atoms with van der Waals surface area (Å²) in [6, 6.07) is 0. The fourth-order valence-corrected chi connectivity index (χ4v) is 3.00. The number of aliphatic hydroxyl groups is 1. The Hall–Kier alpha value is 0.01000. The maximum absolute atomic E-state index is 11.8. The van der Waals surface area contributed by atoms with Crippen LogP contribution in [0.5, 0.6) is 0 Å². The highest BCUT2D eigenvalue weighted by Crippen LogP contribution is 2.53. The Kier molecular flexibility index (Phi) is 3.64. The molecule has 0 radical (unpaired) electrons. The molecule has 0 aromatic carbocycles. The number of carbonyl (C=O) groups excluding carboxylic acids is 1. The minimum Gasteiger partial charge on any atom is -0.392 e. The smallest absolute Gasteiger partial charge is 0.226 e. The van der Waals surface area contributed by atoms with Crippen molar-refractivity contribution >= 4 is 29.1 Å². The quantitative estimate of drug-likeness (QED) is 0.779. The van der Waals surface area contributed by atoms with E-state index in [4.69, 9.17) is 23.2 Å². The van der Waals surface area contributed by atoms with Crippen LogP contribution in [0.1, 0.15) is 39.0 Å². The molecule has 2 fully saturated rings. The third-order valence-electron chi connectivity index (χ3n) is 4.09. The Balaban J connectivity index is 1.83. The molecule has 17 heavy (non-hydrogen) atoms. The van der Waals surface area contributed by atoms with E-state index in [2.05, 4.69) is 5.32 Å². The van der Waals surface area contributed by atoms with Crippen molar-refractivity contribution in [3.63, 3.8) is 0 Å². The number of nitrogens with one attached hydrogen (secondary N) is 1. The van der Waals surface area contributed by atoms with E-state index in [1.807, 2.05) is 6.92 Å². The Bertz CT molecular complexity index is 322. The first kappa shape index (κ1) is 13.4. The average molecular weight is 280 g/mol. The summed E-state index contributed by atoms with van der Waals surface area (Å²) in [7, 11) is 0. The van der Waals surface area contributed by atoms with Crippen LogP contribution in [-0.4, -0.2) is 28.0 Å². The van der Waals surface area contributed by atoms with E-state index in [0.717, 1.165) is 25.7 Å². The topological polar surface area (TPSA) is 49.3 Å². The third kappa shape index (κ3) is 2.88. The molecule has 0 aromatic rings. The second-order valence-corrected chi connectivity index (χ2v) is 7.19. The molecular formula is C12H19Cl2NO2. The lowest BCUT2D eigenvalue weighted by molar-refractivity contribution is -0.123. The van der Waals surface area contributed by atoms with Crippen LogP contribution in [0.25, 0.3) is 0 Å². The number of amides is 1. The van der Waals surface area contributed by atoms with Gasteiger partial charge in [-0.1, -0.05) is 19.8 Å². The molecule has 3 nitrogen and oxygen atoms in total. The Labute approximate surface area is 112 Å². The molecule has 2 aliphatic carbocycles. The predicted molar refractivity (Wildman–Crippen MR) is 68.1 cm³/mol. The second kappa shape index (κ2) is 4.60. The van der Waals surface area contributed by atoms with Crippen molar-refractivity contribution in [2.75, 3.05) is 6.54 Å². The summed E-state index contributed by atoms with van der Waals surface area (Å²) in [6.45, 7) is 2.53. The number of hydrogen-bond donors (Lipinski definition) is 2.